The van der Waals surface area contributed by atoms with Gasteiger partial charge in [-0.15, -0.1) is 0 Å². The summed E-state index contributed by atoms with van der Waals surface area (Å²) in [6.07, 6.45) is 2.31. The fraction of sp³-hybridized carbons (Fsp3) is 0.500. The van der Waals surface area contributed by atoms with Crippen LogP contribution in [0.3, 0.4) is 0 Å². The minimum atomic E-state index is 1.00. The summed E-state index contributed by atoms with van der Waals surface area (Å²) in [6.45, 7) is 5.37. The molecular weight excluding hydrogens is 172 g/mol. The topological polar surface area (TPSA) is 24.1 Å². The zero-order valence-electron chi connectivity index (χ0n) is 8.77. The number of rotatable bonds is 2. The normalized spacial score (nSPS) is 15.8. The van der Waals surface area contributed by atoms with Crippen molar-refractivity contribution < 1.29 is 0 Å². The quantitative estimate of drug-likeness (QED) is 0.743. The molecule has 0 atom stereocenters. The van der Waals surface area contributed by atoms with E-state index in [1.54, 1.807) is 0 Å². The van der Waals surface area contributed by atoms with E-state index in [1.807, 2.05) is 0 Å². The number of nitrogens with one attached hydrogen (secondary N) is 2. The van der Waals surface area contributed by atoms with Crippen molar-refractivity contribution in [1.82, 2.24) is 5.32 Å². The fourth-order valence-corrected chi connectivity index (χ4v) is 2.08. The molecule has 0 spiro atoms. The van der Waals surface area contributed by atoms with Gasteiger partial charge in [-0.25, -0.2) is 0 Å². The standard InChI is InChI=1S/C12H18N2/c1-2-14-12-5-3-4-10-6-8-13-9-7-11(10)12/h3-5,13-14H,2,6-9H2,1H3. The van der Waals surface area contributed by atoms with Crippen LogP contribution in [0.15, 0.2) is 18.2 Å². The Bertz CT molecular complexity index is 307. The van der Waals surface area contributed by atoms with Crippen molar-refractivity contribution in [2.24, 2.45) is 0 Å². The minimum absolute atomic E-state index is 1.00. The molecule has 1 aromatic rings. The first-order chi connectivity index (χ1) is 6.92. The van der Waals surface area contributed by atoms with Crippen LogP contribution < -0.4 is 10.6 Å². The van der Waals surface area contributed by atoms with Crippen molar-refractivity contribution >= 4 is 5.69 Å². The molecule has 76 valence electrons. The Morgan fingerprint density at radius 2 is 2.14 bits per heavy atom. The molecule has 2 heteroatoms. The number of hydrogen-bond acceptors (Lipinski definition) is 2. The van der Waals surface area contributed by atoms with Crippen LogP contribution in [0.1, 0.15) is 18.1 Å². The van der Waals surface area contributed by atoms with Gasteiger partial charge in [0.25, 0.3) is 0 Å². The summed E-state index contributed by atoms with van der Waals surface area (Å²) < 4.78 is 0. The molecule has 1 aromatic carbocycles. The lowest BCUT2D eigenvalue weighted by atomic mass is 10.0. The smallest absolute Gasteiger partial charge is 0.0375 e. The molecule has 0 bridgehead atoms. The predicted molar refractivity (Wildman–Crippen MR) is 60.9 cm³/mol. The van der Waals surface area contributed by atoms with Gasteiger partial charge < -0.3 is 10.6 Å². The molecule has 0 fully saturated rings. The second-order valence-electron chi connectivity index (χ2n) is 3.72. The molecule has 1 heterocycles. The van der Waals surface area contributed by atoms with Crippen molar-refractivity contribution in [2.75, 3.05) is 25.0 Å². The van der Waals surface area contributed by atoms with E-state index in [0.717, 1.165) is 32.5 Å². The third kappa shape index (κ3) is 1.90. The highest BCUT2D eigenvalue weighted by Gasteiger charge is 2.10. The molecule has 0 unspecified atom stereocenters. The van der Waals surface area contributed by atoms with E-state index in [0.29, 0.717) is 0 Å². The monoisotopic (exact) mass is 190 g/mol. The molecule has 0 radical (unpaired) electrons. The molecule has 0 saturated heterocycles. The van der Waals surface area contributed by atoms with Crippen LogP contribution in [0.2, 0.25) is 0 Å². The van der Waals surface area contributed by atoms with E-state index in [-0.39, 0.29) is 0 Å². The van der Waals surface area contributed by atoms with Gasteiger partial charge >= 0.3 is 0 Å². The number of benzene rings is 1. The van der Waals surface area contributed by atoms with E-state index in [4.69, 9.17) is 0 Å². The lowest BCUT2D eigenvalue weighted by molar-refractivity contribution is 0.711. The summed E-state index contributed by atoms with van der Waals surface area (Å²) in [5, 5.41) is 6.87. The third-order valence-corrected chi connectivity index (χ3v) is 2.76. The maximum absolute atomic E-state index is 3.44. The Labute approximate surface area is 85.7 Å². The molecule has 0 aromatic heterocycles. The van der Waals surface area contributed by atoms with Crippen LogP contribution in [0.4, 0.5) is 5.69 Å². The van der Waals surface area contributed by atoms with E-state index in [9.17, 15) is 0 Å². The molecule has 1 aliphatic rings. The molecule has 0 saturated carbocycles. The van der Waals surface area contributed by atoms with Crippen molar-refractivity contribution in [3.8, 4) is 0 Å². The number of fused-ring (bicyclic) bond motifs is 1. The lowest BCUT2D eigenvalue weighted by Gasteiger charge is -2.12. The molecule has 1 aliphatic heterocycles. The van der Waals surface area contributed by atoms with Crippen molar-refractivity contribution in [2.45, 2.75) is 19.8 Å². The van der Waals surface area contributed by atoms with Gasteiger partial charge in [0, 0.05) is 12.2 Å². The van der Waals surface area contributed by atoms with Crippen molar-refractivity contribution in [3.05, 3.63) is 29.3 Å². The first kappa shape index (κ1) is 9.53. The van der Waals surface area contributed by atoms with Crippen LogP contribution in [0.5, 0.6) is 0 Å². The Kier molecular flexibility index (Phi) is 3.04. The highest BCUT2D eigenvalue weighted by atomic mass is 14.9. The lowest BCUT2D eigenvalue weighted by Crippen LogP contribution is -2.16. The maximum Gasteiger partial charge on any atom is 0.0375 e. The van der Waals surface area contributed by atoms with Gasteiger partial charge in [0.05, 0.1) is 0 Å². The van der Waals surface area contributed by atoms with E-state index in [2.05, 4.69) is 35.8 Å². The summed E-state index contributed by atoms with van der Waals surface area (Å²) in [5.74, 6) is 0. The van der Waals surface area contributed by atoms with Gasteiger partial charge in [-0.2, -0.15) is 0 Å². The van der Waals surface area contributed by atoms with Gasteiger partial charge in [0.1, 0.15) is 0 Å². The minimum Gasteiger partial charge on any atom is -0.385 e. The zero-order valence-corrected chi connectivity index (χ0v) is 8.77. The van der Waals surface area contributed by atoms with Crippen LogP contribution >= 0.6 is 0 Å². The molecule has 2 nitrogen and oxygen atoms in total. The largest absolute Gasteiger partial charge is 0.385 e. The predicted octanol–water partition coefficient (Wildman–Crippen LogP) is 1.81. The second kappa shape index (κ2) is 4.47. The molecule has 2 N–H and O–H groups in total. The fourth-order valence-electron chi connectivity index (χ4n) is 2.08. The molecule has 0 amide bonds. The van der Waals surface area contributed by atoms with Gasteiger partial charge in [-0.05, 0) is 50.0 Å². The number of anilines is 1. The highest BCUT2D eigenvalue weighted by Crippen LogP contribution is 2.22. The van der Waals surface area contributed by atoms with Crippen LogP contribution in [0.25, 0.3) is 0 Å². The zero-order chi connectivity index (χ0) is 9.80. The summed E-state index contributed by atoms with van der Waals surface area (Å²) in [6, 6.07) is 6.60. The Hall–Kier alpha value is -1.02. The van der Waals surface area contributed by atoms with Gasteiger partial charge in [-0.3, -0.25) is 0 Å². The average molecular weight is 190 g/mol. The van der Waals surface area contributed by atoms with Crippen LogP contribution in [0, 0.1) is 0 Å². The Morgan fingerprint density at radius 3 is 3.00 bits per heavy atom. The number of hydrogen-bond donors (Lipinski definition) is 2. The van der Waals surface area contributed by atoms with Gasteiger partial charge in [-0.1, -0.05) is 12.1 Å². The van der Waals surface area contributed by atoms with E-state index < -0.39 is 0 Å². The van der Waals surface area contributed by atoms with Crippen molar-refractivity contribution in [1.29, 1.82) is 0 Å². The van der Waals surface area contributed by atoms with E-state index >= 15 is 0 Å². The van der Waals surface area contributed by atoms with Crippen LogP contribution in [-0.4, -0.2) is 19.6 Å². The first-order valence-electron chi connectivity index (χ1n) is 5.47. The third-order valence-electron chi connectivity index (χ3n) is 2.76. The Morgan fingerprint density at radius 1 is 1.29 bits per heavy atom. The first-order valence-corrected chi connectivity index (χ1v) is 5.47. The van der Waals surface area contributed by atoms with Gasteiger partial charge in [0.15, 0.2) is 0 Å². The summed E-state index contributed by atoms with van der Waals surface area (Å²) >= 11 is 0. The van der Waals surface area contributed by atoms with Gasteiger partial charge in [0.2, 0.25) is 0 Å². The highest BCUT2D eigenvalue weighted by molar-refractivity contribution is 5.55. The molecule has 14 heavy (non-hydrogen) atoms. The summed E-state index contributed by atoms with van der Waals surface area (Å²) in [7, 11) is 0. The SMILES string of the molecule is CCNc1cccc2c1CCNCC2. The summed E-state index contributed by atoms with van der Waals surface area (Å²) in [4.78, 5) is 0. The molecule has 0 aliphatic carbocycles. The summed E-state index contributed by atoms with van der Waals surface area (Å²) in [5.41, 5.74) is 4.35. The maximum atomic E-state index is 3.44. The van der Waals surface area contributed by atoms with E-state index in [1.165, 1.54) is 16.8 Å². The second-order valence-corrected chi connectivity index (χ2v) is 3.72. The molecular formula is C12H18N2. The average Bonchev–Trinajstić information content (AvgIpc) is 2.44. The molecule has 2 rings (SSSR count). The van der Waals surface area contributed by atoms with Crippen molar-refractivity contribution in [3.63, 3.8) is 0 Å². The Balaban J connectivity index is 2.32. The van der Waals surface area contributed by atoms with Crippen LogP contribution in [-0.2, 0) is 12.8 Å².